The minimum Gasteiger partial charge on any atom is -0.351 e. The molecule has 2 rings (SSSR count). The highest BCUT2D eigenvalue weighted by molar-refractivity contribution is 5.93. The van der Waals surface area contributed by atoms with Crippen LogP contribution in [0.2, 0.25) is 0 Å². The van der Waals surface area contributed by atoms with Gasteiger partial charge in [0.25, 0.3) is 5.91 Å². The van der Waals surface area contributed by atoms with Crippen molar-refractivity contribution in [1.82, 2.24) is 15.3 Å². The van der Waals surface area contributed by atoms with Crippen LogP contribution in [0, 0.1) is 0 Å². The van der Waals surface area contributed by atoms with Crippen molar-refractivity contribution in [2.24, 2.45) is 5.11 Å². The molecule has 1 amide bonds. The number of hydrogen-bond donors (Lipinski definition) is 1. The monoisotopic (exact) mass is 256 g/mol. The van der Waals surface area contributed by atoms with Crippen LogP contribution in [-0.4, -0.2) is 29.0 Å². The van der Waals surface area contributed by atoms with Crippen LogP contribution in [0.5, 0.6) is 0 Å². The zero-order chi connectivity index (χ0) is 13.5. The van der Waals surface area contributed by atoms with E-state index in [0.29, 0.717) is 25.0 Å². The molecule has 0 atom stereocenters. The fourth-order valence-electron chi connectivity index (χ4n) is 1.55. The van der Waals surface area contributed by atoms with Crippen LogP contribution in [0.15, 0.2) is 35.6 Å². The van der Waals surface area contributed by atoms with E-state index in [1.54, 1.807) is 6.07 Å². The zero-order valence-electron chi connectivity index (χ0n) is 10.2. The van der Waals surface area contributed by atoms with Crippen molar-refractivity contribution in [1.29, 1.82) is 0 Å². The number of carbonyl (C=O) groups excluding carboxylic acids is 1. The normalized spacial score (nSPS) is 9.89. The average molecular weight is 256 g/mol. The molecule has 0 saturated heterocycles. The standard InChI is InChI=1S/C12H12N6O/c13-18-16-7-3-6-14-12(19)11-8-15-9-4-1-2-5-10(9)17-11/h1-2,4-5,8H,3,6-7H2,(H,14,19). The largest absolute Gasteiger partial charge is 0.351 e. The summed E-state index contributed by atoms with van der Waals surface area (Å²) in [6.45, 7) is 0.798. The first-order chi connectivity index (χ1) is 9.31. The lowest BCUT2D eigenvalue weighted by molar-refractivity contribution is 0.0948. The van der Waals surface area contributed by atoms with Crippen molar-refractivity contribution in [2.75, 3.05) is 13.1 Å². The molecule has 0 aliphatic rings. The molecule has 0 fully saturated rings. The molecular formula is C12H12N6O. The Balaban J connectivity index is 1.99. The van der Waals surface area contributed by atoms with Crippen LogP contribution in [0.3, 0.4) is 0 Å². The Morgan fingerprint density at radius 1 is 1.37 bits per heavy atom. The SMILES string of the molecule is [N-]=[N+]=NCCCNC(=O)c1cnc2ccccc2n1. The summed E-state index contributed by atoms with van der Waals surface area (Å²) in [5.41, 5.74) is 9.82. The summed E-state index contributed by atoms with van der Waals surface area (Å²) in [7, 11) is 0. The van der Waals surface area contributed by atoms with Gasteiger partial charge in [0, 0.05) is 18.0 Å². The summed E-state index contributed by atoms with van der Waals surface area (Å²) in [4.78, 5) is 22.8. The minimum atomic E-state index is -0.279. The van der Waals surface area contributed by atoms with Gasteiger partial charge < -0.3 is 5.32 Å². The van der Waals surface area contributed by atoms with Crippen molar-refractivity contribution >= 4 is 16.9 Å². The molecule has 0 saturated carbocycles. The van der Waals surface area contributed by atoms with Crippen LogP contribution >= 0.6 is 0 Å². The number of benzene rings is 1. The summed E-state index contributed by atoms with van der Waals surface area (Å²) in [6, 6.07) is 7.36. The van der Waals surface area contributed by atoms with Gasteiger partial charge in [-0.3, -0.25) is 9.78 Å². The molecule has 96 valence electrons. The molecule has 7 heteroatoms. The molecule has 1 heterocycles. The first kappa shape index (κ1) is 12.8. The van der Waals surface area contributed by atoms with Gasteiger partial charge in [-0.2, -0.15) is 0 Å². The van der Waals surface area contributed by atoms with Gasteiger partial charge >= 0.3 is 0 Å². The molecule has 1 aromatic carbocycles. The van der Waals surface area contributed by atoms with Crippen LogP contribution < -0.4 is 5.32 Å². The number of aromatic nitrogens is 2. The Hall–Kier alpha value is -2.66. The van der Waals surface area contributed by atoms with E-state index in [1.165, 1.54) is 6.20 Å². The van der Waals surface area contributed by atoms with Crippen LogP contribution in [0.25, 0.3) is 21.5 Å². The molecule has 1 N–H and O–H groups in total. The minimum absolute atomic E-state index is 0.279. The van der Waals surface area contributed by atoms with Crippen LogP contribution in [-0.2, 0) is 0 Å². The van der Waals surface area contributed by atoms with E-state index in [2.05, 4.69) is 25.3 Å². The summed E-state index contributed by atoms with van der Waals surface area (Å²) in [5.74, 6) is -0.279. The van der Waals surface area contributed by atoms with Gasteiger partial charge in [-0.25, -0.2) is 4.98 Å². The van der Waals surface area contributed by atoms with Gasteiger partial charge in [-0.05, 0) is 24.1 Å². The molecule has 2 aromatic rings. The second-order valence-electron chi connectivity index (χ2n) is 3.81. The second-order valence-corrected chi connectivity index (χ2v) is 3.81. The van der Waals surface area contributed by atoms with Gasteiger partial charge in [0.2, 0.25) is 0 Å². The van der Waals surface area contributed by atoms with E-state index < -0.39 is 0 Å². The van der Waals surface area contributed by atoms with E-state index in [0.717, 1.165) is 5.52 Å². The maximum atomic E-state index is 11.8. The summed E-state index contributed by atoms with van der Waals surface area (Å²) >= 11 is 0. The number of azide groups is 1. The third-order valence-corrected chi connectivity index (χ3v) is 2.46. The smallest absolute Gasteiger partial charge is 0.271 e. The van der Waals surface area contributed by atoms with Gasteiger partial charge in [-0.15, -0.1) is 0 Å². The quantitative estimate of drug-likeness (QED) is 0.383. The molecule has 1 aromatic heterocycles. The van der Waals surface area contributed by atoms with Crippen LogP contribution in [0.1, 0.15) is 16.9 Å². The number of rotatable bonds is 5. The third-order valence-electron chi connectivity index (χ3n) is 2.46. The van der Waals surface area contributed by atoms with Crippen molar-refractivity contribution in [3.8, 4) is 0 Å². The Morgan fingerprint density at radius 2 is 2.16 bits per heavy atom. The third kappa shape index (κ3) is 3.40. The Labute approximate surface area is 109 Å². The zero-order valence-corrected chi connectivity index (χ0v) is 10.2. The van der Waals surface area contributed by atoms with Gasteiger partial charge in [0.15, 0.2) is 0 Å². The maximum Gasteiger partial charge on any atom is 0.271 e. The first-order valence-corrected chi connectivity index (χ1v) is 5.82. The molecule has 0 radical (unpaired) electrons. The van der Waals surface area contributed by atoms with Crippen molar-refractivity contribution in [3.63, 3.8) is 0 Å². The molecule has 0 aliphatic heterocycles. The van der Waals surface area contributed by atoms with E-state index in [1.807, 2.05) is 18.2 Å². The lowest BCUT2D eigenvalue weighted by atomic mass is 10.3. The van der Waals surface area contributed by atoms with Gasteiger partial charge in [0.1, 0.15) is 5.69 Å². The van der Waals surface area contributed by atoms with Crippen LogP contribution in [0.4, 0.5) is 0 Å². The maximum absolute atomic E-state index is 11.8. The number of para-hydroxylation sites is 2. The van der Waals surface area contributed by atoms with Crippen molar-refractivity contribution < 1.29 is 4.79 Å². The molecule has 0 bridgehead atoms. The Morgan fingerprint density at radius 3 is 2.95 bits per heavy atom. The average Bonchev–Trinajstić information content (AvgIpc) is 2.46. The van der Waals surface area contributed by atoms with Gasteiger partial charge in [-0.1, -0.05) is 17.2 Å². The molecule has 7 nitrogen and oxygen atoms in total. The Bertz CT molecular complexity index is 635. The fraction of sp³-hybridized carbons (Fsp3) is 0.250. The lowest BCUT2D eigenvalue weighted by Gasteiger charge is -2.04. The number of nitrogens with one attached hydrogen (secondary N) is 1. The number of nitrogens with zero attached hydrogens (tertiary/aromatic N) is 5. The van der Waals surface area contributed by atoms with Crippen molar-refractivity contribution in [2.45, 2.75) is 6.42 Å². The fourth-order valence-corrected chi connectivity index (χ4v) is 1.55. The van der Waals surface area contributed by atoms with E-state index in [-0.39, 0.29) is 11.6 Å². The number of fused-ring (bicyclic) bond motifs is 1. The highest BCUT2D eigenvalue weighted by Crippen LogP contribution is 2.08. The van der Waals surface area contributed by atoms with Crippen molar-refractivity contribution in [3.05, 3.63) is 46.6 Å². The number of amides is 1. The highest BCUT2D eigenvalue weighted by atomic mass is 16.1. The van der Waals surface area contributed by atoms with E-state index in [9.17, 15) is 4.79 Å². The summed E-state index contributed by atoms with van der Waals surface area (Å²) in [6.07, 6.45) is 2.04. The predicted octanol–water partition coefficient (Wildman–Crippen LogP) is 2.06. The molecule has 19 heavy (non-hydrogen) atoms. The first-order valence-electron chi connectivity index (χ1n) is 5.82. The van der Waals surface area contributed by atoms with E-state index in [4.69, 9.17) is 5.53 Å². The summed E-state index contributed by atoms with van der Waals surface area (Å²) in [5, 5.41) is 6.08. The molecule has 0 unspecified atom stereocenters. The highest BCUT2D eigenvalue weighted by Gasteiger charge is 2.07. The second kappa shape index (κ2) is 6.32. The van der Waals surface area contributed by atoms with E-state index >= 15 is 0 Å². The Kier molecular flexibility index (Phi) is 4.25. The predicted molar refractivity (Wildman–Crippen MR) is 70.5 cm³/mol. The lowest BCUT2D eigenvalue weighted by Crippen LogP contribution is -2.25. The summed E-state index contributed by atoms with van der Waals surface area (Å²) < 4.78 is 0. The molecular weight excluding hydrogens is 244 g/mol. The number of carbonyl (C=O) groups is 1. The van der Waals surface area contributed by atoms with Gasteiger partial charge in [0.05, 0.1) is 17.2 Å². The topological polar surface area (TPSA) is 104 Å². The molecule has 0 spiro atoms. The molecule has 0 aliphatic carbocycles. The number of hydrogen-bond acceptors (Lipinski definition) is 4.